The highest BCUT2D eigenvalue weighted by atomic mass is 16.5. The first-order valence-electron chi connectivity index (χ1n) is 12.0. The van der Waals surface area contributed by atoms with E-state index in [1.807, 2.05) is 19.0 Å². The minimum Gasteiger partial charge on any atom is -0.462 e. The number of unbranched alkanes of at least 4 members (excludes halogenated alkanes) is 2. The second-order valence-electron chi connectivity index (χ2n) is 9.82. The number of rotatable bonds is 11. The zero-order valence-electron chi connectivity index (χ0n) is 18.9. The number of esters is 1. The third-order valence-electron chi connectivity index (χ3n) is 7.22. The van der Waals surface area contributed by atoms with Crippen molar-refractivity contribution in [3.8, 4) is 0 Å². The summed E-state index contributed by atoms with van der Waals surface area (Å²) in [5.41, 5.74) is 0.555. The van der Waals surface area contributed by atoms with Crippen molar-refractivity contribution >= 4 is 5.97 Å². The van der Waals surface area contributed by atoms with E-state index < -0.39 is 0 Å². The minimum absolute atomic E-state index is 0.224. The van der Waals surface area contributed by atoms with Gasteiger partial charge in [-0.05, 0) is 69.9 Å². The maximum absolute atomic E-state index is 11.9. The molecule has 2 aliphatic carbocycles. The SMILES string of the molecule is C=C(CN(C)C)C(=O)OCCC1CCC(C2CCC(CCCCC)CC2)CC1. The van der Waals surface area contributed by atoms with Gasteiger partial charge >= 0.3 is 5.97 Å². The summed E-state index contributed by atoms with van der Waals surface area (Å²) in [5.74, 6) is 3.51. The van der Waals surface area contributed by atoms with Crippen LogP contribution in [-0.2, 0) is 9.53 Å². The van der Waals surface area contributed by atoms with Crippen LogP contribution in [0.2, 0.25) is 0 Å². The summed E-state index contributed by atoms with van der Waals surface area (Å²) in [6.45, 7) is 7.27. The third kappa shape index (κ3) is 8.27. The van der Waals surface area contributed by atoms with E-state index in [0.29, 0.717) is 18.7 Å². The molecule has 3 nitrogen and oxygen atoms in total. The quantitative estimate of drug-likeness (QED) is 0.237. The van der Waals surface area contributed by atoms with Crippen molar-refractivity contribution in [3.63, 3.8) is 0 Å². The molecule has 0 radical (unpaired) electrons. The number of ether oxygens (including phenoxy) is 1. The Morgan fingerprint density at radius 1 is 0.893 bits per heavy atom. The van der Waals surface area contributed by atoms with Gasteiger partial charge in [0.05, 0.1) is 6.61 Å². The summed E-state index contributed by atoms with van der Waals surface area (Å²) in [5, 5.41) is 0. The maximum atomic E-state index is 11.9. The van der Waals surface area contributed by atoms with E-state index >= 15 is 0 Å². The van der Waals surface area contributed by atoms with Crippen LogP contribution in [-0.4, -0.2) is 38.1 Å². The molecule has 0 unspecified atom stereocenters. The Morgan fingerprint density at radius 2 is 1.43 bits per heavy atom. The molecule has 0 atom stereocenters. The molecule has 0 heterocycles. The fraction of sp³-hybridized carbons (Fsp3) is 0.880. The predicted octanol–water partition coefficient (Wildman–Crippen LogP) is 6.23. The molecule has 2 aliphatic rings. The fourth-order valence-corrected chi connectivity index (χ4v) is 5.45. The second kappa shape index (κ2) is 12.7. The molecule has 0 spiro atoms. The van der Waals surface area contributed by atoms with E-state index in [0.717, 1.165) is 30.1 Å². The number of nitrogens with zero attached hydrogens (tertiary/aromatic N) is 1. The van der Waals surface area contributed by atoms with E-state index in [2.05, 4.69) is 13.5 Å². The smallest absolute Gasteiger partial charge is 0.334 e. The largest absolute Gasteiger partial charge is 0.462 e. The lowest BCUT2D eigenvalue weighted by Crippen LogP contribution is -2.26. The second-order valence-corrected chi connectivity index (χ2v) is 9.82. The minimum atomic E-state index is -0.224. The molecule has 0 aromatic carbocycles. The van der Waals surface area contributed by atoms with E-state index in [-0.39, 0.29) is 5.97 Å². The van der Waals surface area contributed by atoms with Crippen LogP contribution in [0.1, 0.15) is 90.4 Å². The summed E-state index contributed by atoms with van der Waals surface area (Å²) in [4.78, 5) is 13.9. The van der Waals surface area contributed by atoms with Crippen molar-refractivity contribution in [1.29, 1.82) is 0 Å². The molecule has 2 fully saturated rings. The van der Waals surface area contributed by atoms with Crippen molar-refractivity contribution in [3.05, 3.63) is 12.2 Å². The Balaban J connectivity index is 1.57. The van der Waals surface area contributed by atoms with Gasteiger partial charge in [-0.2, -0.15) is 0 Å². The van der Waals surface area contributed by atoms with Gasteiger partial charge in [-0.3, -0.25) is 0 Å². The average molecular weight is 392 g/mol. The van der Waals surface area contributed by atoms with Crippen molar-refractivity contribution in [2.24, 2.45) is 23.7 Å². The molecule has 0 bridgehead atoms. The number of carbonyl (C=O) groups excluding carboxylic acids is 1. The third-order valence-corrected chi connectivity index (χ3v) is 7.22. The molecule has 28 heavy (non-hydrogen) atoms. The van der Waals surface area contributed by atoms with Crippen LogP contribution < -0.4 is 0 Å². The van der Waals surface area contributed by atoms with Gasteiger partial charge in [0.15, 0.2) is 0 Å². The van der Waals surface area contributed by atoms with Crippen molar-refractivity contribution in [2.45, 2.75) is 90.4 Å². The van der Waals surface area contributed by atoms with Gasteiger partial charge < -0.3 is 9.64 Å². The fourth-order valence-electron chi connectivity index (χ4n) is 5.45. The van der Waals surface area contributed by atoms with Gasteiger partial charge in [0.1, 0.15) is 0 Å². The summed E-state index contributed by atoms with van der Waals surface area (Å²) in [6, 6.07) is 0. The van der Waals surface area contributed by atoms with Gasteiger partial charge in [0, 0.05) is 12.1 Å². The highest BCUT2D eigenvalue weighted by molar-refractivity contribution is 5.88. The van der Waals surface area contributed by atoms with E-state index in [9.17, 15) is 4.79 Å². The molecular formula is C25H45NO2. The molecule has 0 aromatic heterocycles. The predicted molar refractivity (Wildman–Crippen MR) is 118 cm³/mol. The van der Waals surface area contributed by atoms with E-state index in [4.69, 9.17) is 4.74 Å². The number of hydrogen-bond acceptors (Lipinski definition) is 3. The number of carbonyl (C=O) groups is 1. The zero-order valence-corrected chi connectivity index (χ0v) is 18.9. The lowest BCUT2D eigenvalue weighted by molar-refractivity contribution is -0.139. The molecule has 2 rings (SSSR count). The summed E-state index contributed by atoms with van der Waals surface area (Å²) >= 11 is 0. The Kier molecular flexibility index (Phi) is 10.6. The Labute approximate surface area is 174 Å². The van der Waals surface area contributed by atoms with Crippen molar-refractivity contribution in [1.82, 2.24) is 4.90 Å². The Hall–Kier alpha value is -0.830. The first-order chi connectivity index (χ1) is 13.5. The van der Waals surface area contributed by atoms with Crippen LogP contribution in [0.25, 0.3) is 0 Å². The van der Waals surface area contributed by atoms with Gasteiger partial charge in [-0.1, -0.05) is 64.9 Å². The number of likely N-dealkylation sites (N-methyl/N-ethyl adjacent to an activating group) is 1. The van der Waals surface area contributed by atoms with Gasteiger partial charge in [-0.15, -0.1) is 0 Å². The van der Waals surface area contributed by atoms with Crippen LogP contribution in [0.15, 0.2) is 12.2 Å². The van der Waals surface area contributed by atoms with Gasteiger partial charge in [-0.25, -0.2) is 4.79 Å². The molecule has 0 N–H and O–H groups in total. The molecule has 0 aliphatic heterocycles. The van der Waals surface area contributed by atoms with Crippen LogP contribution in [0.3, 0.4) is 0 Å². The first-order valence-corrected chi connectivity index (χ1v) is 12.0. The van der Waals surface area contributed by atoms with Gasteiger partial charge in [0.2, 0.25) is 0 Å². The Morgan fingerprint density at radius 3 is 1.93 bits per heavy atom. The molecular weight excluding hydrogens is 346 g/mol. The molecule has 162 valence electrons. The normalized spacial score (nSPS) is 28.3. The van der Waals surface area contributed by atoms with Crippen LogP contribution in [0, 0.1) is 23.7 Å². The summed E-state index contributed by atoms with van der Waals surface area (Å²) in [7, 11) is 3.88. The standard InChI is InChI=1S/C25H45NO2/c1-5-6-7-8-21-9-13-23(14-10-21)24-15-11-22(12-16-24)17-18-28-25(27)20(2)19-26(3)4/h21-24H,2,5-19H2,1,3-4H3. The highest BCUT2D eigenvalue weighted by Crippen LogP contribution is 2.42. The summed E-state index contributed by atoms with van der Waals surface area (Å²) < 4.78 is 5.44. The maximum Gasteiger partial charge on any atom is 0.334 e. The van der Waals surface area contributed by atoms with Crippen LogP contribution in [0.4, 0.5) is 0 Å². The zero-order chi connectivity index (χ0) is 20.4. The van der Waals surface area contributed by atoms with E-state index in [1.165, 1.54) is 77.0 Å². The molecule has 2 saturated carbocycles. The van der Waals surface area contributed by atoms with Crippen LogP contribution >= 0.6 is 0 Å². The molecule has 0 saturated heterocycles. The average Bonchev–Trinajstić information content (AvgIpc) is 2.69. The first kappa shape index (κ1) is 23.4. The van der Waals surface area contributed by atoms with E-state index in [1.54, 1.807) is 0 Å². The lowest BCUT2D eigenvalue weighted by Gasteiger charge is -2.38. The molecule has 0 amide bonds. The van der Waals surface area contributed by atoms with Crippen LogP contribution in [0.5, 0.6) is 0 Å². The topological polar surface area (TPSA) is 29.5 Å². The summed E-state index contributed by atoms with van der Waals surface area (Å²) in [6.07, 6.45) is 18.1. The van der Waals surface area contributed by atoms with Crippen molar-refractivity contribution < 1.29 is 9.53 Å². The Bertz CT molecular complexity index is 457. The van der Waals surface area contributed by atoms with Gasteiger partial charge in [0.25, 0.3) is 0 Å². The number of hydrogen-bond donors (Lipinski definition) is 0. The highest BCUT2D eigenvalue weighted by Gasteiger charge is 2.30. The van der Waals surface area contributed by atoms with Crippen molar-refractivity contribution in [2.75, 3.05) is 27.2 Å². The molecule has 0 aromatic rings. The molecule has 3 heteroatoms. The monoisotopic (exact) mass is 391 g/mol. The lowest BCUT2D eigenvalue weighted by atomic mass is 9.68.